The Morgan fingerprint density at radius 3 is 2.80 bits per heavy atom. The minimum absolute atomic E-state index is 0.0427. The molecule has 0 saturated carbocycles. The van der Waals surface area contributed by atoms with Crippen LogP contribution in [-0.2, 0) is 11.3 Å². The predicted octanol–water partition coefficient (Wildman–Crippen LogP) is 2.85. The van der Waals surface area contributed by atoms with Gasteiger partial charge in [-0.2, -0.15) is 0 Å². The first-order valence-corrected chi connectivity index (χ1v) is 6.00. The summed E-state index contributed by atoms with van der Waals surface area (Å²) in [7, 11) is 2.93. The van der Waals surface area contributed by atoms with E-state index in [0.29, 0.717) is 16.3 Å². The number of oxazole rings is 1. The van der Waals surface area contributed by atoms with Crippen LogP contribution in [0.2, 0.25) is 5.02 Å². The Hall–Kier alpha value is -2.05. The smallest absolute Gasteiger partial charge is 0.373 e. The maximum Gasteiger partial charge on any atom is 0.373 e. The zero-order valence-electron chi connectivity index (χ0n) is 10.8. The molecule has 0 fully saturated rings. The standard InChI is InChI=1S/C13H12ClNO5/c1-18-6-9-11(13(16)17)20-12(15-9)8-4-3-7(14)5-10(8)19-2/h3-5H,6H2,1-2H3,(H,16,17). The van der Waals surface area contributed by atoms with E-state index < -0.39 is 5.97 Å². The molecule has 20 heavy (non-hydrogen) atoms. The molecule has 0 bridgehead atoms. The van der Waals surface area contributed by atoms with Gasteiger partial charge in [0.2, 0.25) is 11.7 Å². The normalized spacial score (nSPS) is 10.6. The minimum Gasteiger partial charge on any atom is -0.496 e. The number of carboxylic acids is 1. The van der Waals surface area contributed by atoms with Crippen molar-refractivity contribution >= 4 is 17.6 Å². The van der Waals surface area contributed by atoms with Crippen molar-refractivity contribution in [1.82, 2.24) is 4.98 Å². The van der Waals surface area contributed by atoms with Gasteiger partial charge in [-0.05, 0) is 18.2 Å². The Morgan fingerprint density at radius 2 is 2.20 bits per heavy atom. The Morgan fingerprint density at radius 1 is 1.45 bits per heavy atom. The molecule has 0 aliphatic carbocycles. The number of rotatable bonds is 5. The van der Waals surface area contributed by atoms with Crippen molar-refractivity contribution in [3.8, 4) is 17.2 Å². The average Bonchev–Trinajstić information content (AvgIpc) is 2.83. The third-order valence-electron chi connectivity index (χ3n) is 2.57. The van der Waals surface area contributed by atoms with Crippen LogP contribution < -0.4 is 4.74 Å². The van der Waals surface area contributed by atoms with Crippen LogP contribution in [0.3, 0.4) is 0 Å². The van der Waals surface area contributed by atoms with Crippen molar-refractivity contribution in [2.24, 2.45) is 0 Å². The highest BCUT2D eigenvalue weighted by molar-refractivity contribution is 6.30. The molecule has 1 heterocycles. The average molecular weight is 298 g/mol. The van der Waals surface area contributed by atoms with E-state index in [1.54, 1.807) is 18.2 Å². The van der Waals surface area contributed by atoms with Crippen molar-refractivity contribution in [2.45, 2.75) is 6.61 Å². The van der Waals surface area contributed by atoms with Gasteiger partial charge in [0, 0.05) is 12.1 Å². The van der Waals surface area contributed by atoms with Gasteiger partial charge in [0.25, 0.3) is 0 Å². The number of carbonyl (C=O) groups is 1. The highest BCUT2D eigenvalue weighted by atomic mass is 35.5. The van der Waals surface area contributed by atoms with Gasteiger partial charge in [0.1, 0.15) is 11.4 Å². The summed E-state index contributed by atoms with van der Waals surface area (Å²) in [5, 5.41) is 9.57. The molecule has 106 valence electrons. The lowest BCUT2D eigenvalue weighted by Crippen LogP contribution is -2.00. The summed E-state index contributed by atoms with van der Waals surface area (Å²) in [6.07, 6.45) is 0. The van der Waals surface area contributed by atoms with Crippen LogP contribution in [-0.4, -0.2) is 30.3 Å². The van der Waals surface area contributed by atoms with Crippen molar-refractivity contribution in [3.63, 3.8) is 0 Å². The van der Waals surface area contributed by atoms with Crippen LogP contribution in [0.4, 0.5) is 0 Å². The van der Waals surface area contributed by atoms with Crippen LogP contribution in [0.5, 0.6) is 5.75 Å². The molecule has 0 amide bonds. The Balaban J connectivity index is 2.53. The van der Waals surface area contributed by atoms with Crippen molar-refractivity contribution in [2.75, 3.05) is 14.2 Å². The molecule has 2 rings (SSSR count). The second-order valence-corrected chi connectivity index (χ2v) is 4.31. The summed E-state index contributed by atoms with van der Waals surface area (Å²) in [5.74, 6) is -0.870. The van der Waals surface area contributed by atoms with E-state index in [0.717, 1.165) is 0 Å². The van der Waals surface area contributed by atoms with Gasteiger partial charge in [0.05, 0.1) is 19.3 Å². The molecule has 1 aromatic heterocycles. The molecule has 2 aromatic rings. The SMILES string of the molecule is COCc1nc(-c2ccc(Cl)cc2OC)oc1C(=O)O. The molecule has 0 spiro atoms. The number of aromatic carboxylic acids is 1. The number of hydrogen-bond donors (Lipinski definition) is 1. The molecule has 0 atom stereocenters. The molecular formula is C13H12ClNO5. The second-order valence-electron chi connectivity index (χ2n) is 3.88. The van der Waals surface area contributed by atoms with Gasteiger partial charge in [-0.25, -0.2) is 9.78 Å². The lowest BCUT2D eigenvalue weighted by Gasteiger charge is -2.05. The quantitative estimate of drug-likeness (QED) is 0.914. The fraction of sp³-hybridized carbons (Fsp3) is 0.231. The Kier molecular flexibility index (Phi) is 4.26. The largest absolute Gasteiger partial charge is 0.496 e. The van der Waals surface area contributed by atoms with E-state index in [-0.39, 0.29) is 24.0 Å². The first-order valence-electron chi connectivity index (χ1n) is 5.62. The first kappa shape index (κ1) is 14.4. The molecule has 7 heteroatoms. The topological polar surface area (TPSA) is 81.8 Å². The summed E-state index contributed by atoms with van der Waals surface area (Å²) < 4.78 is 15.4. The third-order valence-corrected chi connectivity index (χ3v) is 2.80. The molecule has 0 saturated heterocycles. The number of nitrogens with zero attached hydrogens (tertiary/aromatic N) is 1. The van der Waals surface area contributed by atoms with E-state index in [2.05, 4.69) is 4.98 Å². The summed E-state index contributed by atoms with van der Waals surface area (Å²) in [5.41, 5.74) is 0.730. The fourth-order valence-electron chi connectivity index (χ4n) is 1.71. The van der Waals surface area contributed by atoms with Crippen LogP contribution in [0.25, 0.3) is 11.5 Å². The fourth-order valence-corrected chi connectivity index (χ4v) is 1.87. The van der Waals surface area contributed by atoms with Crippen LogP contribution >= 0.6 is 11.6 Å². The van der Waals surface area contributed by atoms with Gasteiger partial charge >= 0.3 is 5.97 Å². The monoisotopic (exact) mass is 297 g/mol. The molecule has 1 aromatic carbocycles. The highest BCUT2D eigenvalue weighted by Crippen LogP contribution is 2.33. The summed E-state index contributed by atoms with van der Waals surface area (Å²) >= 11 is 5.87. The van der Waals surface area contributed by atoms with Gasteiger partial charge in [-0.15, -0.1) is 0 Å². The van der Waals surface area contributed by atoms with E-state index in [9.17, 15) is 4.79 Å². The lowest BCUT2D eigenvalue weighted by molar-refractivity contribution is 0.0656. The maximum absolute atomic E-state index is 11.1. The van der Waals surface area contributed by atoms with Crippen molar-refractivity contribution in [3.05, 3.63) is 34.7 Å². The van der Waals surface area contributed by atoms with Crippen LogP contribution in [0.15, 0.2) is 22.6 Å². The van der Waals surface area contributed by atoms with Gasteiger partial charge < -0.3 is 19.0 Å². The van der Waals surface area contributed by atoms with Gasteiger partial charge in [0.15, 0.2) is 0 Å². The molecule has 0 aliphatic rings. The van der Waals surface area contributed by atoms with E-state index >= 15 is 0 Å². The van der Waals surface area contributed by atoms with Crippen LogP contribution in [0.1, 0.15) is 16.2 Å². The zero-order chi connectivity index (χ0) is 14.7. The lowest BCUT2D eigenvalue weighted by atomic mass is 10.2. The molecule has 1 N–H and O–H groups in total. The second kappa shape index (κ2) is 5.94. The maximum atomic E-state index is 11.1. The molecule has 0 unspecified atom stereocenters. The van der Waals surface area contributed by atoms with E-state index in [1.807, 2.05) is 0 Å². The van der Waals surface area contributed by atoms with Gasteiger partial charge in [-0.1, -0.05) is 11.6 Å². The number of halogens is 1. The molecular weight excluding hydrogens is 286 g/mol. The first-order chi connectivity index (χ1) is 9.56. The number of methoxy groups -OCH3 is 2. The molecule has 0 radical (unpaired) electrons. The van der Waals surface area contributed by atoms with E-state index in [1.165, 1.54) is 14.2 Å². The number of aromatic nitrogens is 1. The predicted molar refractivity (Wildman–Crippen MR) is 71.2 cm³/mol. The van der Waals surface area contributed by atoms with E-state index in [4.69, 9.17) is 30.6 Å². The number of ether oxygens (including phenoxy) is 2. The number of carboxylic acid groups (broad SMARTS) is 1. The van der Waals surface area contributed by atoms with Crippen LogP contribution in [0, 0.1) is 0 Å². The van der Waals surface area contributed by atoms with Crippen molar-refractivity contribution in [1.29, 1.82) is 0 Å². The highest BCUT2D eigenvalue weighted by Gasteiger charge is 2.22. The number of hydrogen-bond acceptors (Lipinski definition) is 5. The van der Waals surface area contributed by atoms with Crippen molar-refractivity contribution < 1.29 is 23.8 Å². The molecule has 6 nitrogen and oxygen atoms in total. The Bertz CT molecular complexity index is 638. The van der Waals surface area contributed by atoms with Gasteiger partial charge in [-0.3, -0.25) is 0 Å². The summed E-state index contributed by atoms with van der Waals surface area (Å²) in [6, 6.07) is 4.88. The zero-order valence-corrected chi connectivity index (χ0v) is 11.6. The summed E-state index contributed by atoms with van der Waals surface area (Å²) in [6.45, 7) is 0.0427. The summed E-state index contributed by atoms with van der Waals surface area (Å²) in [4.78, 5) is 15.2. The third kappa shape index (κ3) is 2.76. The minimum atomic E-state index is -1.20. The number of benzene rings is 1. The Labute approximate surface area is 119 Å². The molecule has 0 aliphatic heterocycles.